The van der Waals surface area contributed by atoms with Gasteiger partial charge in [0, 0.05) is 11.1 Å². The average molecular weight is 480 g/mol. The molecule has 0 N–H and O–H groups in total. The fraction of sp³-hybridized carbons (Fsp3) is 0. The fourth-order valence-corrected chi connectivity index (χ4v) is 4.32. The Balaban J connectivity index is 1.48. The van der Waals surface area contributed by atoms with Crippen LogP contribution in [0.3, 0.4) is 0 Å². The van der Waals surface area contributed by atoms with Crippen LogP contribution >= 0.6 is 0 Å². The minimum Gasteiger partial charge on any atom is -0.208 e. The third kappa shape index (κ3) is 4.78. The Morgan fingerprint density at radius 1 is 0.351 bits per heavy atom. The zero-order valence-corrected chi connectivity index (χ0v) is 19.9. The summed E-state index contributed by atoms with van der Waals surface area (Å²) in [7, 11) is 0. The van der Waals surface area contributed by atoms with Gasteiger partial charge in [0.2, 0.25) is 0 Å². The average Bonchev–Trinajstić information content (AvgIpc) is 2.98. The fourth-order valence-electron chi connectivity index (χ4n) is 4.32. The van der Waals surface area contributed by atoms with Crippen LogP contribution in [0, 0.1) is 5.82 Å². The van der Waals surface area contributed by atoms with Gasteiger partial charge in [0.1, 0.15) is 5.82 Å². The summed E-state index contributed by atoms with van der Waals surface area (Å²) in [5.41, 5.74) is 5.92. The van der Waals surface area contributed by atoms with Gasteiger partial charge in [0.05, 0.1) is 5.56 Å². The van der Waals surface area contributed by atoms with E-state index >= 15 is 4.39 Å². The Labute approximate surface area is 215 Å². The Kier molecular flexibility index (Phi) is 6.05. The van der Waals surface area contributed by atoms with E-state index in [0.717, 1.165) is 33.4 Å². The van der Waals surface area contributed by atoms with Crippen molar-refractivity contribution in [2.75, 3.05) is 0 Å². The quantitative estimate of drug-likeness (QED) is 0.249. The van der Waals surface area contributed by atoms with Crippen LogP contribution < -0.4 is 0 Å². The lowest BCUT2D eigenvalue weighted by atomic mass is 10.0. The summed E-state index contributed by atoms with van der Waals surface area (Å²) < 4.78 is 15.5. The van der Waals surface area contributed by atoms with Gasteiger partial charge < -0.3 is 0 Å². The molecule has 6 rings (SSSR count). The van der Waals surface area contributed by atoms with Crippen molar-refractivity contribution in [2.45, 2.75) is 0 Å². The van der Waals surface area contributed by atoms with E-state index in [1.807, 2.05) is 97.1 Å². The van der Waals surface area contributed by atoms with Crippen molar-refractivity contribution in [3.63, 3.8) is 0 Å². The van der Waals surface area contributed by atoms with E-state index in [0.29, 0.717) is 23.0 Å². The smallest absolute Gasteiger partial charge is 0.167 e. The molecule has 0 unspecified atom stereocenters. The predicted molar refractivity (Wildman–Crippen MR) is 147 cm³/mol. The molecule has 0 bridgehead atoms. The first kappa shape index (κ1) is 22.5. The molecule has 0 fully saturated rings. The summed E-state index contributed by atoms with van der Waals surface area (Å²) in [6, 6.07) is 42.8. The topological polar surface area (TPSA) is 38.7 Å². The van der Waals surface area contributed by atoms with Gasteiger partial charge in [-0.2, -0.15) is 0 Å². The van der Waals surface area contributed by atoms with E-state index in [2.05, 4.69) is 29.2 Å². The molecule has 0 saturated carbocycles. The van der Waals surface area contributed by atoms with Crippen LogP contribution in [0.15, 0.2) is 133 Å². The Morgan fingerprint density at radius 3 is 1.41 bits per heavy atom. The van der Waals surface area contributed by atoms with Crippen molar-refractivity contribution in [2.24, 2.45) is 0 Å². The molecule has 3 nitrogen and oxygen atoms in total. The standard InChI is InChI=1S/C33H22FN3/c34-30-22-27(24-13-6-2-7-14-24)19-20-29(30)33-36-31(25-15-8-3-9-16-25)35-32(37-33)28-18-10-17-26(21-28)23-11-4-1-5-12-23/h1-22H. The van der Waals surface area contributed by atoms with Crippen molar-refractivity contribution >= 4 is 0 Å². The lowest BCUT2D eigenvalue weighted by molar-refractivity contribution is 0.630. The summed E-state index contributed by atoms with van der Waals surface area (Å²) in [6.45, 7) is 0. The monoisotopic (exact) mass is 479 g/mol. The van der Waals surface area contributed by atoms with E-state index in [-0.39, 0.29) is 5.82 Å². The minimum atomic E-state index is -0.379. The molecule has 176 valence electrons. The first-order valence-electron chi connectivity index (χ1n) is 12.1. The number of benzene rings is 5. The molecule has 0 amide bonds. The molecule has 1 aromatic heterocycles. The van der Waals surface area contributed by atoms with Gasteiger partial charge in [0.15, 0.2) is 17.5 Å². The maximum atomic E-state index is 15.5. The molecule has 5 aromatic carbocycles. The van der Waals surface area contributed by atoms with E-state index in [9.17, 15) is 0 Å². The van der Waals surface area contributed by atoms with E-state index in [4.69, 9.17) is 9.97 Å². The molecule has 0 atom stereocenters. The van der Waals surface area contributed by atoms with Gasteiger partial charge in [-0.3, -0.25) is 0 Å². The summed E-state index contributed by atoms with van der Waals surface area (Å²) in [6.07, 6.45) is 0. The number of aromatic nitrogens is 3. The molecule has 37 heavy (non-hydrogen) atoms. The molecular weight excluding hydrogens is 457 g/mol. The van der Waals surface area contributed by atoms with Crippen molar-refractivity contribution in [3.8, 4) is 56.4 Å². The van der Waals surface area contributed by atoms with Crippen LogP contribution in [0.1, 0.15) is 0 Å². The molecule has 0 aliphatic heterocycles. The Bertz CT molecular complexity index is 1670. The molecule has 1 heterocycles. The maximum absolute atomic E-state index is 15.5. The van der Waals surface area contributed by atoms with Gasteiger partial charge in [0.25, 0.3) is 0 Å². The molecule has 0 spiro atoms. The molecule has 0 saturated heterocycles. The number of rotatable bonds is 5. The zero-order chi connectivity index (χ0) is 25.0. The van der Waals surface area contributed by atoms with E-state index in [1.54, 1.807) is 6.07 Å². The van der Waals surface area contributed by atoms with Gasteiger partial charge in [-0.25, -0.2) is 19.3 Å². The van der Waals surface area contributed by atoms with Crippen molar-refractivity contribution in [1.82, 2.24) is 15.0 Å². The number of nitrogens with zero attached hydrogens (tertiary/aromatic N) is 3. The van der Waals surface area contributed by atoms with Crippen LogP contribution in [0.2, 0.25) is 0 Å². The van der Waals surface area contributed by atoms with Gasteiger partial charge in [-0.05, 0) is 40.5 Å². The summed E-state index contributed by atoms with van der Waals surface area (Å²) in [4.78, 5) is 14.2. The Morgan fingerprint density at radius 2 is 0.811 bits per heavy atom. The van der Waals surface area contributed by atoms with Crippen LogP contribution in [0.5, 0.6) is 0 Å². The highest BCUT2D eigenvalue weighted by Crippen LogP contribution is 2.30. The maximum Gasteiger partial charge on any atom is 0.167 e. The predicted octanol–water partition coefficient (Wildman–Crippen LogP) is 8.35. The summed E-state index contributed by atoms with van der Waals surface area (Å²) in [5, 5.41) is 0. The second-order valence-corrected chi connectivity index (χ2v) is 8.68. The first-order chi connectivity index (χ1) is 18.2. The first-order valence-corrected chi connectivity index (χ1v) is 12.1. The second-order valence-electron chi connectivity index (χ2n) is 8.68. The Hall–Kier alpha value is -4.96. The third-order valence-electron chi connectivity index (χ3n) is 6.21. The number of hydrogen-bond acceptors (Lipinski definition) is 3. The molecular formula is C33H22FN3. The third-order valence-corrected chi connectivity index (χ3v) is 6.21. The summed E-state index contributed by atoms with van der Waals surface area (Å²) in [5.74, 6) is 0.909. The molecule has 0 aliphatic carbocycles. The van der Waals surface area contributed by atoms with E-state index in [1.165, 1.54) is 6.07 Å². The molecule has 4 heteroatoms. The molecule has 6 aromatic rings. The zero-order valence-electron chi connectivity index (χ0n) is 19.9. The van der Waals surface area contributed by atoms with Gasteiger partial charge in [-0.15, -0.1) is 0 Å². The van der Waals surface area contributed by atoms with Crippen LogP contribution in [-0.4, -0.2) is 15.0 Å². The van der Waals surface area contributed by atoms with Crippen LogP contribution in [0.4, 0.5) is 4.39 Å². The van der Waals surface area contributed by atoms with Gasteiger partial charge in [-0.1, -0.05) is 115 Å². The van der Waals surface area contributed by atoms with Gasteiger partial charge >= 0.3 is 0 Å². The van der Waals surface area contributed by atoms with Crippen LogP contribution in [0.25, 0.3) is 56.4 Å². The highest BCUT2D eigenvalue weighted by atomic mass is 19.1. The van der Waals surface area contributed by atoms with Crippen molar-refractivity contribution in [1.29, 1.82) is 0 Å². The largest absolute Gasteiger partial charge is 0.208 e. The van der Waals surface area contributed by atoms with Crippen molar-refractivity contribution in [3.05, 3.63) is 139 Å². The highest BCUT2D eigenvalue weighted by Gasteiger charge is 2.16. The highest BCUT2D eigenvalue weighted by molar-refractivity contribution is 5.73. The number of hydrogen-bond donors (Lipinski definition) is 0. The molecule has 0 aliphatic rings. The normalized spacial score (nSPS) is 10.8. The number of halogens is 1. The summed E-state index contributed by atoms with van der Waals surface area (Å²) >= 11 is 0. The van der Waals surface area contributed by atoms with Crippen molar-refractivity contribution < 1.29 is 4.39 Å². The second kappa shape index (κ2) is 9.96. The minimum absolute atomic E-state index is 0.297. The van der Waals surface area contributed by atoms with E-state index < -0.39 is 0 Å². The van der Waals surface area contributed by atoms with Crippen LogP contribution in [-0.2, 0) is 0 Å². The lowest BCUT2D eigenvalue weighted by Crippen LogP contribution is -2.01. The lowest BCUT2D eigenvalue weighted by Gasteiger charge is -2.11. The molecule has 0 radical (unpaired) electrons. The SMILES string of the molecule is Fc1cc(-c2ccccc2)ccc1-c1nc(-c2ccccc2)nc(-c2cccc(-c3ccccc3)c2)n1.